The summed E-state index contributed by atoms with van der Waals surface area (Å²) in [6, 6.07) is 10.4. The molecule has 6 nitrogen and oxygen atoms in total. The second-order valence-electron chi connectivity index (χ2n) is 6.55. The van der Waals surface area contributed by atoms with Gasteiger partial charge in [-0.3, -0.25) is 14.4 Å². The number of carboxylic acid groups (broad SMARTS) is 1. The largest absolute Gasteiger partial charge is 0.507 e. The number of benzene rings is 2. The molecule has 0 spiro atoms. The molecular formula is C21H17ClFNO5. The van der Waals surface area contributed by atoms with Gasteiger partial charge in [-0.15, -0.1) is 0 Å². The van der Waals surface area contributed by atoms with Crippen LogP contribution in [0.25, 0.3) is 5.76 Å². The molecule has 0 aromatic heterocycles. The number of rotatable bonds is 6. The molecule has 0 radical (unpaired) electrons. The standard InChI is InChI=1S/C21H17ClFNO5/c22-14-7-3-13(4-8-14)19(27)17-18(12-5-9-15(23)10-6-12)24(21(29)20(17)28)11-1-2-16(25)26/h3-10,18,27H,1-2,11H2,(H,25,26)/t18-/m0/s1. The number of aliphatic hydroxyl groups is 1. The molecule has 1 aliphatic rings. The predicted octanol–water partition coefficient (Wildman–Crippen LogP) is 3.77. The van der Waals surface area contributed by atoms with Crippen LogP contribution in [0.1, 0.15) is 30.0 Å². The van der Waals surface area contributed by atoms with Crippen LogP contribution < -0.4 is 0 Å². The second kappa shape index (κ2) is 8.45. The van der Waals surface area contributed by atoms with E-state index in [0.717, 1.165) is 0 Å². The van der Waals surface area contributed by atoms with Crippen LogP contribution in [0.3, 0.4) is 0 Å². The lowest BCUT2D eigenvalue weighted by atomic mass is 9.95. The molecule has 0 unspecified atom stereocenters. The molecule has 29 heavy (non-hydrogen) atoms. The van der Waals surface area contributed by atoms with Crippen LogP contribution in [-0.4, -0.2) is 39.3 Å². The van der Waals surface area contributed by atoms with Crippen LogP contribution in [-0.2, 0) is 14.4 Å². The van der Waals surface area contributed by atoms with Crippen LogP contribution in [0.5, 0.6) is 0 Å². The van der Waals surface area contributed by atoms with Gasteiger partial charge in [-0.25, -0.2) is 4.39 Å². The van der Waals surface area contributed by atoms with E-state index in [4.69, 9.17) is 16.7 Å². The van der Waals surface area contributed by atoms with E-state index in [1.807, 2.05) is 0 Å². The Morgan fingerprint density at radius 1 is 1.03 bits per heavy atom. The first-order valence-corrected chi connectivity index (χ1v) is 9.19. The van der Waals surface area contributed by atoms with Gasteiger partial charge in [0.25, 0.3) is 11.7 Å². The van der Waals surface area contributed by atoms with E-state index in [2.05, 4.69) is 0 Å². The van der Waals surface area contributed by atoms with Gasteiger partial charge >= 0.3 is 5.97 Å². The predicted molar refractivity (Wildman–Crippen MR) is 104 cm³/mol. The highest BCUT2D eigenvalue weighted by Gasteiger charge is 2.45. The lowest BCUT2D eigenvalue weighted by Gasteiger charge is -2.25. The monoisotopic (exact) mass is 417 g/mol. The first-order valence-electron chi connectivity index (χ1n) is 8.81. The summed E-state index contributed by atoms with van der Waals surface area (Å²) in [4.78, 5) is 37.4. The summed E-state index contributed by atoms with van der Waals surface area (Å²) in [6.45, 7) is -0.00366. The van der Waals surface area contributed by atoms with Gasteiger partial charge in [-0.2, -0.15) is 0 Å². The summed E-state index contributed by atoms with van der Waals surface area (Å²) in [7, 11) is 0. The average molecular weight is 418 g/mol. The maximum atomic E-state index is 13.4. The Bertz CT molecular complexity index is 985. The number of hydrogen-bond acceptors (Lipinski definition) is 4. The number of carboxylic acids is 1. The van der Waals surface area contributed by atoms with E-state index in [-0.39, 0.29) is 30.7 Å². The minimum Gasteiger partial charge on any atom is -0.507 e. The lowest BCUT2D eigenvalue weighted by Crippen LogP contribution is -2.31. The van der Waals surface area contributed by atoms with Crippen molar-refractivity contribution in [3.63, 3.8) is 0 Å². The number of Topliss-reactive ketones (excluding diaryl/α,β-unsaturated/α-hetero) is 1. The van der Waals surface area contributed by atoms with Crippen molar-refractivity contribution in [2.24, 2.45) is 0 Å². The lowest BCUT2D eigenvalue weighted by molar-refractivity contribution is -0.140. The van der Waals surface area contributed by atoms with Crippen molar-refractivity contribution in [3.05, 3.63) is 76.1 Å². The SMILES string of the molecule is O=C(O)CCCN1C(=O)C(=O)C(=C(O)c2ccc(Cl)cc2)[C@@H]1c1ccc(F)cc1. The summed E-state index contributed by atoms with van der Waals surface area (Å²) in [6.07, 6.45) is -0.0582. The van der Waals surface area contributed by atoms with E-state index in [0.29, 0.717) is 16.1 Å². The Kier molecular flexibility index (Phi) is 5.98. The highest BCUT2D eigenvalue weighted by Crippen LogP contribution is 2.39. The number of carbonyl (C=O) groups excluding carboxylic acids is 2. The van der Waals surface area contributed by atoms with Crippen molar-refractivity contribution in [1.29, 1.82) is 0 Å². The molecule has 1 amide bonds. The van der Waals surface area contributed by atoms with Crippen LogP contribution >= 0.6 is 11.6 Å². The molecule has 8 heteroatoms. The van der Waals surface area contributed by atoms with E-state index in [9.17, 15) is 23.9 Å². The number of likely N-dealkylation sites (tertiary alicyclic amines) is 1. The average Bonchev–Trinajstić information content (AvgIpc) is 2.93. The van der Waals surface area contributed by atoms with Gasteiger partial charge in [0, 0.05) is 23.6 Å². The molecule has 1 heterocycles. The van der Waals surface area contributed by atoms with Crippen molar-refractivity contribution in [2.75, 3.05) is 6.54 Å². The fraction of sp³-hybridized carbons (Fsp3) is 0.190. The third-order valence-corrected chi connectivity index (χ3v) is 4.88. The molecule has 1 aliphatic heterocycles. The molecule has 0 aliphatic carbocycles. The molecular weight excluding hydrogens is 401 g/mol. The Labute approximate surface area is 170 Å². The summed E-state index contributed by atoms with van der Waals surface area (Å²) < 4.78 is 13.4. The van der Waals surface area contributed by atoms with Crippen molar-refractivity contribution in [2.45, 2.75) is 18.9 Å². The van der Waals surface area contributed by atoms with Crippen LogP contribution in [0.15, 0.2) is 54.1 Å². The van der Waals surface area contributed by atoms with E-state index in [1.54, 1.807) is 0 Å². The van der Waals surface area contributed by atoms with Gasteiger partial charge in [-0.1, -0.05) is 23.7 Å². The fourth-order valence-corrected chi connectivity index (χ4v) is 3.39. The first kappa shape index (κ1) is 20.5. The normalized spacial score (nSPS) is 18.3. The Balaban J connectivity index is 2.08. The van der Waals surface area contributed by atoms with E-state index < -0.39 is 29.5 Å². The smallest absolute Gasteiger partial charge is 0.303 e. The maximum absolute atomic E-state index is 13.4. The van der Waals surface area contributed by atoms with Crippen LogP contribution in [0, 0.1) is 5.82 Å². The third-order valence-electron chi connectivity index (χ3n) is 4.63. The number of aliphatic hydroxyl groups excluding tert-OH is 1. The van der Waals surface area contributed by atoms with Gasteiger partial charge < -0.3 is 15.1 Å². The number of ketones is 1. The van der Waals surface area contributed by atoms with Crippen molar-refractivity contribution in [1.82, 2.24) is 4.90 Å². The van der Waals surface area contributed by atoms with Crippen molar-refractivity contribution >= 4 is 35.0 Å². The quantitative estimate of drug-likeness (QED) is 0.424. The number of halogens is 2. The Hall–Kier alpha value is -3.19. The molecule has 3 rings (SSSR count). The fourth-order valence-electron chi connectivity index (χ4n) is 3.27. The number of amides is 1. The number of aliphatic carboxylic acids is 1. The third kappa shape index (κ3) is 4.30. The van der Waals surface area contributed by atoms with E-state index >= 15 is 0 Å². The molecule has 0 saturated carbocycles. The van der Waals surface area contributed by atoms with Crippen molar-refractivity contribution in [3.8, 4) is 0 Å². The molecule has 1 saturated heterocycles. The summed E-state index contributed by atoms with van der Waals surface area (Å²) >= 11 is 5.86. The molecule has 2 N–H and O–H groups in total. The highest BCUT2D eigenvalue weighted by molar-refractivity contribution is 6.46. The van der Waals surface area contributed by atoms with Gasteiger partial charge in [0.2, 0.25) is 0 Å². The first-order chi connectivity index (χ1) is 13.8. The molecule has 1 fully saturated rings. The van der Waals surface area contributed by atoms with E-state index in [1.165, 1.54) is 53.4 Å². The van der Waals surface area contributed by atoms with Gasteiger partial charge in [0.1, 0.15) is 11.6 Å². The van der Waals surface area contributed by atoms with Crippen LogP contribution in [0.4, 0.5) is 4.39 Å². The van der Waals surface area contributed by atoms with Crippen LogP contribution in [0.2, 0.25) is 5.02 Å². The number of hydrogen-bond donors (Lipinski definition) is 2. The van der Waals surface area contributed by atoms with Crippen molar-refractivity contribution < 1.29 is 29.0 Å². The van der Waals surface area contributed by atoms with Gasteiger partial charge in [-0.05, 0) is 48.4 Å². The Morgan fingerprint density at radius 2 is 1.66 bits per heavy atom. The second-order valence-corrected chi connectivity index (χ2v) is 6.98. The molecule has 2 aromatic rings. The van der Waals surface area contributed by atoms with Gasteiger partial charge in [0.15, 0.2) is 0 Å². The zero-order chi connectivity index (χ0) is 21.1. The summed E-state index contributed by atoms with van der Waals surface area (Å²) in [5, 5.41) is 20.1. The zero-order valence-electron chi connectivity index (χ0n) is 15.1. The zero-order valence-corrected chi connectivity index (χ0v) is 15.9. The number of nitrogens with zero attached hydrogens (tertiary/aromatic N) is 1. The maximum Gasteiger partial charge on any atom is 0.303 e. The Morgan fingerprint density at radius 3 is 2.24 bits per heavy atom. The topological polar surface area (TPSA) is 94.9 Å². The number of carbonyl (C=O) groups is 3. The minimum atomic E-state index is -1.03. The summed E-state index contributed by atoms with van der Waals surface area (Å²) in [5.41, 5.74) is 0.584. The van der Waals surface area contributed by atoms with Gasteiger partial charge in [0.05, 0.1) is 11.6 Å². The minimum absolute atomic E-state index is 0.00366. The highest BCUT2D eigenvalue weighted by atomic mass is 35.5. The molecule has 150 valence electrons. The molecule has 1 atom stereocenters. The summed E-state index contributed by atoms with van der Waals surface area (Å²) in [5.74, 6) is -3.63. The molecule has 0 bridgehead atoms. The molecule has 2 aromatic carbocycles.